The highest BCUT2D eigenvalue weighted by Gasteiger charge is 2.66. The molecule has 11 heteroatoms. The molecule has 2 atom stereocenters. The van der Waals surface area contributed by atoms with Crippen molar-refractivity contribution in [2.45, 2.75) is 23.6 Å². The lowest BCUT2D eigenvalue weighted by Crippen LogP contribution is -2.80. The van der Waals surface area contributed by atoms with Crippen LogP contribution in [0.25, 0.3) is 11.0 Å². The van der Waals surface area contributed by atoms with Gasteiger partial charge in [0.15, 0.2) is 6.10 Å². The van der Waals surface area contributed by atoms with Gasteiger partial charge in [0, 0.05) is 36.0 Å². The third-order valence-corrected chi connectivity index (χ3v) is 9.97. The van der Waals surface area contributed by atoms with Crippen LogP contribution >= 0.6 is 11.8 Å². The maximum Gasteiger partial charge on any atom is 0.356 e. The predicted octanol–water partition coefficient (Wildman–Crippen LogP) is 5.38. The second-order valence-electron chi connectivity index (χ2n) is 11.8. The molecule has 0 spiro atoms. The monoisotopic (exact) mass is 688 g/mol. The third kappa shape index (κ3) is 6.40. The Morgan fingerprint density at radius 2 is 1.54 bits per heavy atom. The van der Waals surface area contributed by atoms with Crippen LogP contribution in [0.4, 0.5) is 0 Å². The molecule has 0 saturated carbocycles. The molecule has 1 fully saturated rings. The highest BCUT2D eigenvalue weighted by Crippen LogP contribution is 2.47. The van der Waals surface area contributed by atoms with Crippen LogP contribution < -0.4 is 15.7 Å². The minimum Gasteiger partial charge on any atom is -0.489 e. The lowest BCUT2D eigenvalue weighted by atomic mass is 9.97. The first kappa shape index (κ1) is 32.9. The molecule has 10 nitrogen and oxygen atoms in total. The number of methoxy groups -OCH3 is 1. The van der Waals surface area contributed by atoms with Gasteiger partial charge in [0.25, 0.3) is 11.6 Å². The Balaban J connectivity index is 1.21. The second-order valence-corrected chi connectivity index (χ2v) is 12.9. The summed E-state index contributed by atoms with van der Waals surface area (Å²) in [7, 11) is 1.36. The van der Waals surface area contributed by atoms with Crippen molar-refractivity contribution in [3.05, 3.63) is 160 Å². The van der Waals surface area contributed by atoms with E-state index < -0.39 is 40.6 Å². The Morgan fingerprint density at radius 1 is 0.900 bits per heavy atom. The van der Waals surface area contributed by atoms with Gasteiger partial charge in [-0.1, -0.05) is 91.0 Å². The molecule has 0 unspecified atom stereocenters. The number of carbonyl (C=O) groups is 3. The zero-order chi connectivity index (χ0) is 34.7. The summed E-state index contributed by atoms with van der Waals surface area (Å²) in [4.78, 5) is 54.8. The number of esters is 1. The van der Waals surface area contributed by atoms with Gasteiger partial charge in [-0.2, -0.15) is 0 Å². The van der Waals surface area contributed by atoms with E-state index in [1.54, 1.807) is 24.3 Å². The van der Waals surface area contributed by atoms with Crippen LogP contribution in [0.3, 0.4) is 0 Å². The highest BCUT2D eigenvalue weighted by molar-refractivity contribution is 8.00. The number of nitrogens with zero attached hydrogens (tertiary/aromatic N) is 1. The van der Waals surface area contributed by atoms with Crippen LogP contribution in [0, 0.1) is 0 Å². The zero-order valence-electron chi connectivity index (χ0n) is 26.9. The summed E-state index contributed by atoms with van der Waals surface area (Å²) in [6.45, 7) is -0.0712. The van der Waals surface area contributed by atoms with Gasteiger partial charge in [-0.3, -0.25) is 14.5 Å². The summed E-state index contributed by atoms with van der Waals surface area (Å²) >= 11 is 1.34. The Kier molecular flexibility index (Phi) is 9.25. The maximum atomic E-state index is 14.4. The van der Waals surface area contributed by atoms with Crippen LogP contribution in [0.1, 0.15) is 22.8 Å². The average Bonchev–Trinajstić information content (AvgIpc) is 3.15. The lowest BCUT2D eigenvalue weighted by molar-refractivity contribution is -0.193. The van der Waals surface area contributed by atoms with E-state index in [2.05, 4.69) is 5.32 Å². The number of nitrogens with one attached hydrogen (secondary N) is 1. The van der Waals surface area contributed by atoms with Crippen molar-refractivity contribution in [1.82, 2.24) is 10.2 Å². The van der Waals surface area contributed by atoms with Crippen molar-refractivity contribution < 1.29 is 33.0 Å². The number of benzene rings is 4. The summed E-state index contributed by atoms with van der Waals surface area (Å²) in [6.07, 6.45) is -0.729. The van der Waals surface area contributed by atoms with Gasteiger partial charge in [-0.05, 0) is 34.9 Å². The number of ether oxygens (including phenoxy) is 3. The first-order valence-corrected chi connectivity index (χ1v) is 17.0. The number of hydrogen-bond acceptors (Lipinski definition) is 9. The SMILES string of the molecule is CO[C@@]1(NC(=O)Cc2ccccc2)C(=O)N2C(C(=O)OC(c3ccccc3)c3ccccc3)=C(COc3ccc4ccc(=O)oc4c3)CS[C@@H]21. The quantitative estimate of drug-likeness (QED) is 0.0844. The number of hydrogen-bond donors (Lipinski definition) is 1. The molecule has 5 aromatic rings. The van der Waals surface area contributed by atoms with E-state index in [-0.39, 0.29) is 24.5 Å². The van der Waals surface area contributed by atoms with E-state index in [4.69, 9.17) is 18.6 Å². The standard InChI is InChI=1S/C39H32N2O8S/c1-46-39(40-32(42)21-25-11-5-2-6-12-25)37(45)41-34(36(44)49-35(27-13-7-3-8-14-27)28-15-9-4-10-16-28)29(24-50-38(39)41)23-47-30-19-17-26-18-20-33(43)48-31(26)22-30/h2-20,22,35,38H,21,23-24H2,1H3,(H,40,42)/t38-,39+/m1/s1. The van der Waals surface area contributed by atoms with Crippen molar-refractivity contribution >= 4 is 40.5 Å². The number of rotatable bonds is 11. The van der Waals surface area contributed by atoms with E-state index >= 15 is 0 Å². The minimum atomic E-state index is -1.69. The summed E-state index contributed by atoms with van der Waals surface area (Å²) in [5.41, 5.74) is 0.968. The molecule has 0 radical (unpaired) electrons. The van der Waals surface area contributed by atoms with Gasteiger partial charge in [0.05, 0.1) is 6.42 Å². The van der Waals surface area contributed by atoms with Crippen LogP contribution in [0.15, 0.2) is 142 Å². The zero-order valence-corrected chi connectivity index (χ0v) is 27.8. The van der Waals surface area contributed by atoms with Gasteiger partial charge in [-0.15, -0.1) is 11.8 Å². The predicted molar refractivity (Wildman–Crippen MR) is 187 cm³/mol. The normalized spacial score (nSPS) is 18.4. The smallest absolute Gasteiger partial charge is 0.356 e. The molecule has 7 rings (SSSR count). The molecule has 1 saturated heterocycles. The molecule has 2 aliphatic rings. The average molecular weight is 689 g/mol. The van der Waals surface area contributed by atoms with Crippen molar-refractivity contribution in [3.8, 4) is 5.75 Å². The molecular weight excluding hydrogens is 657 g/mol. The Morgan fingerprint density at radius 3 is 2.20 bits per heavy atom. The van der Waals surface area contributed by atoms with Gasteiger partial charge in [0.2, 0.25) is 5.91 Å². The van der Waals surface area contributed by atoms with E-state index in [1.165, 1.54) is 29.8 Å². The topological polar surface area (TPSA) is 124 Å². The molecule has 2 aliphatic heterocycles. The molecule has 3 heterocycles. The van der Waals surface area contributed by atoms with E-state index in [0.717, 1.165) is 22.1 Å². The fraction of sp³-hybridized carbons (Fsp3) is 0.179. The molecule has 1 N–H and O–H groups in total. The molecule has 4 aromatic carbocycles. The first-order valence-electron chi connectivity index (χ1n) is 15.9. The van der Waals surface area contributed by atoms with E-state index in [0.29, 0.717) is 16.9 Å². The molecule has 0 bridgehead atoms. The largest absolute Gasteiger partial charge is 0.489 e. The minimum absolute atomic E-state index is 0.0212. The Hall–Kier alpha value is -5.65. The summed E-state index contributed by atoms with van der Waals surface area (Å²) in [5, 5.41) is 2.77. The van der Waals surface area contributed by atoms with Crippen molar-refractivity contribution in [2.24, 2.45) is 0 Å². The number of amides is 2. The van der Waals surface area contributed by atoms with E-state index in [9.17, 15) is 19.2 Å². The van der Waals surface area contributed by atoms with Crippen molar-refractivity contribution in [1.29, 1.82) is 0 Å². The van der Waals surface area contributed by atoms with Crippen LogP contribution in [0.5, 0.6) is 5.75 Å². The number of thioether (sulfide) groups is 1. The second kappa shape index (κ2) is 14.1. The molecule has 2 amide bonds. The van der Waals surface area contributed by atoms with Gasteiger partial charge < -0.3 is 23.9 Å². The molecule has 0 aliphatic carbocycles. The summed E-state index contributed by atoms with van der Waals surface area (Å²) in [6, 6.07) is 35.9. The fourth-order valence-corrected chi connectivity index (χ4v) is 7.54. The van der Waals surface area contributed by atoms with Crippen LogP contribution in [0.2, 0.25) is 0 Å². The van der Waals surface area contributed by atoms with Crippen LogP contribution in [-0.4, -0.2) is 53.3 Å². The highest BCUT2D eigenvalue weighted by atomic mass is 32.2. The maximum absolute atomic E-state index is 14.4. The first-order chi connectivity index (χ1) is 24.4. The van der Waals surface area contributed by atoms with Gasteiger partial charge >= 0.3 is 11.6 Å². The number of carbonyl (C=O) groups excluding carboxylic acids is 3. The van der Waals surface area contributed by atoms with Gasteiger partial charge in [-0.25, -0.2) is 9.59 Å². The van der Waals surface area contributed by atoms with Crippen molar-refractivity contribution in [3.63, 3.8) is 0 Å². The number of fused-ring (bicyclic) bond motifs is 2. The Bertz CT molecular complexity index is 2100. The number of β-lactam (4-membered cyclic amide) rings is 1. The lowest BCUT2D eigenvalue weighted by Gasteiger charge is -2.56. The molecule has 252 valence electrons. The van der Waals surface area contributed by atoms with Gasteiger partial charge in [0.1, 0.15) is 29.0 Å². The third-order valence-electron chi connectivity index (χ3n) is 8.60. The summed E-state index contributed by atoms with van der Waals surface area (Å²) in [5.74, 6) is -1.07. The van der Waals surface area contributed by atoms with E-state index in [1.807, 2.05) is 91.0 Å². The summed E-state index contributed by atoms with van der Waals surface area (Å²) < 4.78 is 23.4. The van der Waals surface area contributed by atoms with Crippen LogP contribution in [-0.2, 0) is 30.3 Å². The molecule has 50 heavy (non-hydrogen) atoms. The molecular formula is C39H32N2O8S. The Labute approximate surface area is 291 Å². The van der Waals surface area contributed by atoms with Crippen molar-refractivity contribution in [2.75, 3.05) is 19.5 Å². The fourth-order valence-electron chi connectivity index (χ4n) is 6.12. The molecule has 1 aromatic heterocycles.